The third kappa shape index (κ3) is 9.37. The van der Waals surface area contributed by atoms with Crippen molar-refractivity contribution >= 4 is 23.1 Å². The summed E-state index contributed by atoms with van der Waals surface area (Å²) in [4.78, 5) is 24.0. The zero-order valence-electron chi connectivity index (χ0n) is 42.4. The van der Waals surface area contributed by atoms with Crippen molar-refractivity contribution in [1.29, 1.82) is 0 Å². The highest BCUT2D eigenvalue weighted by molar-refractivity contribution is 5.85. The first-order valence-electron chi connectivity index (χ1n) is 26.2. The fourth-order valence-electron chi connectivity index (χ4n) is 12.5. The molecule has 6 aliphatic carbocycles. The van der Waals surface area contributed by atoms with Crippen LogP contribution in [-0.4, -0.2) is 37.9 Å². The molecule has 1 N–H and O–H groups in total. The van der Waals surface area contributed by atoms with Crippen molar-refractivity contribution in [2.24, 2.45) is 11.8 Å². The number of fused-ring (bicyclic) bond motifs is 4. The first-order valence-corrected chi connectivity index (χ1v) is 26.2. The molecule has 0 aliphatic heterocycles. The maximum atomic E-state index is 14.9. The van der Waals surface area contributed by atoms with Gasteiger partial charge in [-0.15, -0.1) is 0 Å². The van der Waals surface area contributed by atoms with Gasteiger partial charge in [0, 0.05) is 22.0 Å². The van der Waals surface area contributed by atoms with Gasteiger partial charge in [-0.05, 0) is 224 Å². The Balaban J connectivity index is 0.000000159. The second-order valence-electron chi connectivity index (χ2n) is 20.8. The first kappa shape index (κ1) is 49.0. The van der Waals surface area contributed by atoms with E-state index < -0.39 is 5.97 Å². The van der Waals surface area contributed by atoms with Gasteiger partial charge in [-0.1, -0.05) is 48.6 Å². The van der Waals surface area contributed by atoms with Gasteiger partial charge in [0.1, 0.15) is 47.8 Å². The zero-order valence-corrected chi connectivity index (χ0v) is 42.4. The topological polar surface area (TPSA) is 101 Å². The molecule has 0 radical (unpaired) electrons. The van der Waals surface area contributed by atoms with Crippen molar-refractivity contribution in [2.45, 2.75) is 108 Å². The lowest BCUT2D eigenvalue weighted by molar-refractivity contribution is -0.145. The summed E-state index contributed by atoms with van der Waals surface area (Å²) in [5, 5.41) is 9.53. The molecule has 6 aromatic carbocycles. The van der Waals surface area contributed by atoms with Crippen molar-refractivity contribution < 1.29 is 47.2 Å². The van der Waals surface area contributed by atoms with Crippen LogP contribution in [0.25, 0.3) is 33.4 Å². The highest BCUT2D eigenvalue weighted by Gasteiger charge is 2.63. The van der Waals surface area contributed by atoms with Crippen LogP contribution in [0, 0.1) is 23.5 Å². The molecule has 0 bridgehead atoms. The van der Waals surface area contributed by atoms with E-state index in [-0.39, 0.29) is 40.3 Å². The van der Waals surface area contributed by atoms with Gasteiger partial charge in [-0.25, -0.2) is 8.78 Å². The van der Waals surface area contributed by atoms with Gasteiger partial charge in [0.05, 0.1) is 32.7 Å². The number of benzene rings is 6. The highest BCUT2D eigenvalue weighted by Crippen LogP contribution is 2.63. The molecule has 8 nitrogen and oxygen atoms in total. The molecule has 12 rings (SSSR count). The SMILES string of the molecule is CCOC(=O)C1C[C@]12CCc1ccc(OCc3ccc(-c4cc(OC)ccc4F)c(C4=CCCC4)c3)cc12.COc1ccc(F)c(-c2ccc(COc3ccc4c(c3)[C@]3(CC4)CC3C(=O)O)cc2C2=CCCC2)c1. The van der Waals surface area contributed by atoms with Gasteiger partial charge in [0.25, 0.3) is 0 Å². The molecular weight excluding hydrogens is 935 g/mol. The van der Waals surface area contributed by atoms with Crippen molar-refractivity contribution in [3.05, 3.63) is 177 Å². The van der Waals surface area contributed by atoms with Gasteiger partial charge < -0.3 is 28.8 Å². The first-order chi connectivity index (χ1) is 36.0. The lowest BCUT2D eigenvalue weighted by Crippen LogP contribution is -2.15. The summed E-state index contributed by atoms with van der Waals surface area (Å²) in [6, 6.07) is 34.4. The number of carboxylic acid groups (broad SMARTS) is 1. The van der Waals surface area contributed by atoms with E-state index in [0.717, 1.165) is 127 Å². The van der Waals surface area contributed by atoms with E-state index in [9.17, 15) is 23.5 Å². The van der Waals surface area contributed by atoms with E-state index in [1.54, 1.807) is 38.5 Å². The minimum absolute atomic E-state index is 0.0363. The van der Waals surface area contributed by atoms with E-state index in [1.807, 2.05) is 49.4 Å². The number of allylic oxidation sites excluding steroid dienone is 4. The Morgan fingerprint density at radius 1 is 0.554 bits per heavy atom. The number of hydrogen-bond acceptors (Lipinski definition) is 7. The molecule has 2 fully saturated rings. The Morgan fingerprint density at radius 3 is 1.46 bits per heavy atom. The van der Waals surface area contributed by atoms with Crippen LogP contribution in [0.1, 0.15) is 116 Å². The molecule has 6 aromatic rings. The van der Waals surface area contributed by atoms with Crippen LogP contribution in [0.2, 0.25) is 0 Å². The molecule has 6 aliphatic rings. The third-order valence-corrected chi connectivity index (χ3v) is 16.6. The van der Waals surface area contributed by atoms with Crippen molar-refractivity contribution in [1.82, 2.24) is 0 Å². The molecular formula is C64H62F2O8. The van der Waals surface area contributed by atoms with Crippen molar-refractivity contribution in [3.8, 4) is 45.3 Å². The number of halogens is 2. The molecule has 4 atom stereocenters. The number of aryl methyl sites for hydroxylation is 2. The van der Waals surface area contributed by atoms with Crippen LogP contribution < -0.4 is 18.9 Å². The average Bonchev–Trinajstić information content (AvgIpc) is 3.88. The molecule has 74 heavy (non-hydrogen) atoms. The molecule has 2 saturated carbocycles. The number of hydrogen-bond donors (Lipinski definition) is 1. The normalized spacial score (nSPS) is 21.5. The van der Waals surface area contributed by atoms with Crippen LogP contribution >= 0.6 is 0 Å². The van der Waals surface area contributed by atoms with E-state index in [4.69, 9.17) is 23.7 Å². The Hall–Kier alpha value is -7.20. The largest absolute Gasteiger partial charge is 0.497 e. The molecule has 380 valence electrons. The summed E-state index contributed by atoms with van der Waals surface area (Å²) in [6.45, 7) is 3.07. The molecule has 0 saturated heterocycles. The van der Waals surface area contributed by atoms with Crippen LogP contribution in [0.15, 0.2) is 121 Å². The predicted molar refractivity (Wildman–Crippen MR) is 282 cm³/mol. The van der Waals surface area contributed by atoms with Crippen LogP contribution in [-0.2, 0) is 51.2 Å². The lowest BCUT2D eigenvalue weighted by Gasteiger charge is -2.16. The highest BCUT2D eigenvalue weighted by atomic mass is 19.1. The number of carbonyl (C=O) groups is 2. The number of carbonyl (C=O) groups excluding carboxylic acids is 1. The third-order valence-electron chi connectivity index (χ3n) is 16.6. The molecule has 10 heteroatoms. The smallest absolute Gasteiger partial charge is 0.309 e. The van der Waals surface area contributed by atoms with Gasteiger partial charge in [0.2, 0.25) is 0 Å². The number of esters is 1. The number of rotatable bonds is 15. The molecule has 0 aromatic heterocycles. The van der Waals surface area contributed by atoms with E-state index in [2.05, 4.69) is 42.5 Å². The second kappa shape index (κ2) is 20.3. The van der Waals surface area contributed by atoms with Crippen molar-refractivity contribution in [2.75, 3.05) is 20.8 Å². The average molecular weight is 997 g/mol. The number of carboxylic acids is 1. The van der Waals surface area contributed by atoms with Crippen molar-refractivity contribution in [3.63, 3.8) is 0 Å². The van der Waals surface area contributed by atoms with Gasteiger partial charge in [0.15, 0.2) is 0 Å². The second-order valence-corrected chi connectivity index (χ2v) is 20.8. The van der Waals surface area contributed by atoms with E-state index in [0.29, 0.717) is 42.4 Å². The molecule has 2 spiro atoms. The summed E-state index contributed by atoms with van der Waals surface area (Å²) in [7, 11) is 3.18. The maximum absolute atomic E-state index is 14.9. The van der Waals surface area contributed by atoms with E-state index in [1.165, 1.54) is 40.0 Å². The minimum Gasteiger partial charge on any atom is -0.497 e. The Bertz CT molecular complexity index is 3240. The summed E-state index contributed by atoms with van der Waals surface area (Å²) < 4.78 is 58.2. The molecule has 0 amide bonds. The predicted octanol–water partition coefficient (Wildman–Crippen LogP) is 14.4. The summed E-state index contributed by atoms with van der Waals surface area (Å²) >= 11 is 0. The fraction of sp³-hybridized carbons (Fsp3) is 0.344. The standard InChI is InChI=1S/C33H33FO4.C31H29FO4/c1-3-37-32(35)30-19-33(30)15-14-23-9-10-25(18-29(23)33)38-20-21-8-12-26(27(16-21)22-6-4-5-7-22)28-17-24(36-2)11-13-31(28)34;1-35-22-9-11-29(32)26(15-22)24-10-6-19(14-25(24)20-4-2-3-5-20)18-36-23-8-7-21-12-13-31(27(21)16-23)17-28(31)30(33)34/h6,8-13,16-18,30H,3-5,7,14-15,19-20H2,1-2H3;4,6-11,14-16,28H,2-3,5,12-13,17-18H2,1H3,(H,33,34)/t30?,33-;28?,31-/m00/s1. The number of methoxy groups -OCH3 is 2. The Morgan fingerprint density at radius 2 is 1.03 bits per heavy atom. The van der Waals surface area contributed by atoms with Crippen LogP contribution in [0.3, 0.4) is 0 Å². The molecule has 2 unspecified atom stereocenters. The van der Waals surface area contributed by atoms with Crippen LogP contribution in [0.4, 0.5) is 8.78 Å². The number of aliphatic carboxylic acids is 1. The fourth-order valence-corrected chi connectivity index (χ4v) is 12.5. The zero-order chi connectivity index (χ0) is 51.1. The number of ether oxygens (including phenoxy) is 5. The minimum atomic E-state index is -0.699. The summed E-state index contributed by atoms with van der Waals surface area (Å²) in [6.07, 6.45) is 16.2. The van der Waals surface area contributed by atoms with Gasteiger partial charge in [-0.2, -0.15) is 0 Å². The lowest BCUT2D eigenvalue weighted by atomic mass is 9.92. The monoisotopic (exact) mass is 996 g/mol. The summed E-state index contributed by atoms with van der Waals surface area (Å²) in [5.74, 6) is 1.21. The van der Waals surface area contributed by atoms with Crippen LogP contribution in [0.5, 0.6) is 23.0 Å². The summed E-state index contributed by atoms with van der Waals surface area (Å²) in [5.41, 5.74) is 14.1. The van der Waals surface area contributed by atoms with Gasteiger partial charge >= 0.3 is 11.9 Å². The molecule has 0 heterocycles. The maximum Gasteiger partial charge on any atom is 0.309 e. The Kier molecular flexibility index (Phi) is 13.4. The quantitative estimate of drug-likeness (QED) is 0.102. The van der Waals surface area contributed by atoms with Gasteiger partial charge in [-0.3, -0.25) is 9.59 Å². The Labute approximate surface area is 432 Å². The van der Waals surface area contributed by atoms with E-state index >= 15 is 0 Å².